The van der Waals surface area contributed by atoms with Gasteiger partial charge >= 0.3 is 0 Å². The van der Waals surface area contributed by atoms with Crippen molar-refractivity contribution in [3.8, 4) is 12.1 Å². The van der Waals surface area contributed by atoms with Crippen molar-refractivity contribution in [1.29, 1.82) is 10.5 Å². The molecule has 5 rings (SSSR count). The second kappa shape index (κ2) is 5.24. The van der Waals surface area contributed by atoms with Crippen LogP contribution >= 0.6 is 0 Å². The first-order valence-electron chi connectivity index (χ1n) is 8.15. The molecule has 1 heterocycles. The molecule has 1 aromatic heterocycles. The summed E-state index contributed by atoms with van der Waals surface area (Å²) in [6, 6.07) is 23.3. The second-order valence-corrected chi connectivity index (χ2v) is 6.15. The molecule has 0 N–H and O–H groups in total. The van der Waals surface area contributed by atoms with E-state index < -0.39 is 0 Å². The highest BCUT2D eigenvalue weighted by Crippen LogP contribution is 2.35. The average Bonchev–Trinajstić information content (AvgIpc) is 2.71. The molecule has 0 bridgehead atoms. The van der Waals surface area contributed by atoms with Gasteiger partial charge in [-0.15, -0.1) is 0 Å². The van der Waals surface area contributed by atoms with Crippen LogP contribution in [0.25, 0.3) is 43.6 Å². The number of nitrogens with zero attached hydrogens (tertiary/aromatic N) is 4. The zero-order valence-electron chi connectivity index (χ0n) is 13.6. The monoisotopic (exact) mass is 330 g/mol. The summed E-state index contributed by atoms with van der Waals surface area (Å²) in [6.07, 6.45) is 0. The summed E-state index contributed by atoms with van der Waals surface area (Å²) in [4.78, 5) is 9.66. The van der Waals surface area contributed by atoms with Crippen LogP contribution in [-0.2, 0) is 0 Å². The highest BCUT2D eigenvalue weighted by atomic mass is 14.8. The van der Waals surface area contributed by atoms with Crippen molar-refractivity contribution in [3.63, 3.8) is 0 Å². The normalized spacial score (nSPS) is 11.0. The molecule has 0 unspecified atom stereocenters. The summed E-state index contributed by atoms with van der Waals surface area (Å²) < 4.78 is 0. The zero-order valence-corrected chi connectivity index (χ0v) is 13.6. The van der Waals surface area contributed by atoms with Gasteiger partial charge in [0.15, 0.2) is 0 Å². The molecule has 0 atom stereocenters. The maximum Gasteiger partial charge on any atom is 0.0991 e. The van der Waals surface area contributed by atoms with Gasteiger partial charge < -0.3 is 0 Å². The average molecular weight is 330 g/mol. The molecule has 118 valence electrons. The molecule has 0 saturated heterocycles. The number of para-hydroxylation sites is 2. The van der Waals surface area contributed by atoms with E-state index in [0.29, 0.717) is 11.1 Å². The van der Waals surface area contributed by atoms with Crippen LogP contribution in [0.15, 0.2) is 60.7 Å². The zero-order chi connectivity index (χ0) is 17.7. The molecule has 4 aromatic carbocycles. The number of hydrogen-bond acceptors (Lipinski definition) is 4. The number of fused-ring (bicyclic) bond motifs is 7. The van der Waals surface area contributed by atoms with Gasteiger partial charge in [0.05, 0.1) is 45.3 Å². The van der Waals surface area contributed by atoms with Gasteiger partial charge in [-0.3, -0.25) is 0 Å². The number of benzene rings is 4. The fourth-order valence-electron chi connectivity index (χ4n) is 3.46. The van der Waals surface area contributed by atoms with Gasteiger partial charge in [-0.25, -0.2) is 9.97 Å². The molecule has 0 saturated carbocycles. The van der Waals surface area contributed by atoms with E-state index >= 15 is 0 Å². The highest BCUT2D eigenvalue weighted by molar-refractivity contribution is 6.24. The molecule has 0 fully saturated rings. The maximum absolute atomic E-state index is 9.30. The van der Waals surface area contributed by atoms with Crippen LogP contribution in [0.5, 0.6) is 0 Å². The van der Waals surface area contributed by atoms with Gasteiger partial charge in [0, 0.05) is 10.8 Å². The Kier molecular flexibility index (Phi) is 2.89. The minimum atomic E-state index is 0.585. The number of nitriles is 2. The Labute approximate surface area is 148 Å². The standard InChI is InChI=1S/C22H10N4/c23-11-13-5-7-15-16-8-6-14(12-24)10-18(16)22-21(17(15)9-13)25-19-3-1-2-4-20(19)26-22/h1-10H. The third kappa shape index (κ3) is 1.94. The van der Waals surface area contributed by atoms with E-state index in [1.807, 2.05) is 48.5 Å². The second-order valence-electron chi connectivity index (χ2n) is 6.15. The quantitative estimate of drug-likeness (QED) is 0.301. The summed E-state index contributed by atoms with van der Waals surface area (Å²) in [6.45, 7) is 0. The predicted octanol–water partition coefficient (Wildman–Crippen LogP) is 4.83. The van der Waals surface area contributed by atoms with Gasteiger partial charge in [0.1, 0.15) is 0 Å². The van der Waals surface area contributed by atoms with Gasteiger partial charge in [-0.2, -0.15) is 10.5 Å². The van der Waals surface area contributed by atoms with Crippen LogP contribution in [0.2, 0.25) is 0 Å². The summed E-state index contributed by atoms with van der Waals surface area (Å²) in [5, 5.41) is 22.4. The van der Waals surface area contributed by atoms with Crippen LogP contribution in [0.4, 0.5) is 0 Å². The van der Waals surface area contributed by atoms with Crippen LogP contribution in [-0.4, -0.2) is 9.97 Å². The first-order chi connectivity index (χ1) is 12.8. The molecule has 0 aliphatic carbocycles. The third-order valence-electron chi connectivity index (χ3n) is 4.67. The number of hydrogen-bond donors (Lipinski definition) is 0. The molecule has 0 amide bonds. The van der Waals surface area contributed by atoms with E-state index in [0.717, 1.165) is 43.6 Å². The molecular weight excluding hydrogens is 320 g/mol. The summed E-state index contributed by atoms with van der Waals surface area (Å²) in [5.41, 5.74) is 4.28. The van der Waals surface area contributed by atoms with E-state index in [1.165, 1.54) is 0 Å². The van der Waals surface area contributed by atoms with Crippen LogP contribution < -0.4 is 0 Å². The molecule has 0 aliphatic rings. The van der Waals surface area contributed by atoms with Gasteiger partial charge in [0.25, 0.3) is 0 Å². The van der Waals surface area contributed by atoms with Crippen molar-refractivity contribution >= 4 is 43.6 Å². The Balaban J connectivity index is 2.12. The van der Waals surface area contributed by atoms with Gasteiger partial charge in [-0.05, 0) is 47.2 Å². The van der Waals surface area contributed by atoms with Gasteiger partial charge in [-0.1, -0.05) is 24.3 Å². The number of aromatic nitrogens is 2. The molecule has 0 spiro atoms. The van der Waals surface area contributed by atoms with Crippen molar-refractivity contribution in [3.05, 3.63) is 71.8 Å². The highest BCUT2D eigenvalue weighted by Gasteiger charge is 2.13. The Morgan fingerprint density at radius 2 is 1.04 bits per heavy atom. The molecule has 4 nitrogen and oxygen atoms in total. The van der Waals surface area contributed by atoms with Crippen molar-refractivity contribution in [2.24, 2.45) is 0 Å². The third-order valence-corrected chi connectivity index (χ3v) is 4.67. The molecule has 26 heavy (non-hydrogen) atoms. The molecule has 0 radical (unpaired) electrons. The van der Waals surface area contributed by atoms with E-state index in [1.54, 1.807) is 12.1 Å². The lowest BCUT2D eigenvalue weighted by Gasteiger charge is -2.10. The summed E-state index contributed by atoms with van der Waals surface area (Å²) in [5.74, 6) is 0. The minimum Gasteiger partial charge on any atom is -0.244 e. The van der Waals surface area contributed by atoms with Gasteiger partial charge in [0.2, 0.25) is 0 Å². The predicted molar refractivity (Wildman–Crippen MR) is 101 cm³/mol. The maximum atomic E-state index is 9.30. The topological polar surface area (TPSA) is 73.4 Å². The lowest BCUT2D eigenvalue weighted by Crippen LogP contribution is -1.92. The van der Waals surface area contributed by atoms with E-state index in [2.05, 4.69) is 12.1 Å². The number of rotatable bonds is 0. The Hall–Kier alpha value is -4.02. The van der Waals surface area contributed by atoms with Crippen LogP contribution in [0.1, 0.15) is 11.1 Å². The summed E-state index contributed by atoms with van der Waals surface area (Å²) >= 11 is 0. The molecule has 4 heteroatoms. The lowest BCUT2D eigenvalue weighted by molar-refractivity contribution is 1.41. The molecule has 5 aromatic rings. The van der Waals surface area contributed by atoms with Crippen molar-refractivity contribution in [2.75, 3.05) is 0 Å². The fraction of sp³-hybridized carbons (Fsp3) is 0. The van der Waals surface area contributed by atoms with E-state index in [9.17, 15) is 10.5 Å². The summed E-state index contributed by atoms with van der Waals surface area (Å²) in [7, 11) is 0. The van der Waals surface area contributed by atoms with Crippen molar-refractivity contribution < 1.29 is 0 Å². The van der Waals surface area contributed by atoms with E-state index in [-0.39, 0.29) is 0 Å². The van der Waals surface area contributed by atoms with Crippen molar-refractivity contribution in [2.45, 2.75) is 0 Å². The Morgan fingerprint density at radius 1 is 0.577 bits per heavy atom. The SMILES string of the molecule is N#Cc1ccc2c3ccc(C#N)cc3c3nc4ccccc4nc3c2c1. The first kappa shape index (κ1) is 14.3. The Morgan fingerprint density at radius 3 is 1.46 bits per heavy atom. The van der Waals surface area contributed by atoms with Crippen molar-refractivity contribution in [1.82, 2.24) is 9.97 Å². The van der Waals surface area contributed by atoms with Crippen LogP contribution in [0, 0.1) is 22.7 Å². The Bertz CT molecular complexity index is 1340. The van der Waals surface area contributed by atoms with E-state index in [4.69, 9.17) is 9.97 Å². The lowest BCUT2D eigenvalue weighted by atomic mass is 9.96. The minimum absolute atomic E-state index is 0.585. The largest absolute Gasteiger partial charge is 0.244 e. The van der Waals surface area contributed by atoms with Crippen LogP contribution in [0.3, 0.4) is 0 Å². The fourth-order valence-corrected chi connectivity index (χ4v) is 3.46. The smallest absolute Gasteiger partial charge is 0.0991 e. The first-order valence-corrected chi connectivity index (χ1v) is 8.15. The molecular formula is C22H10N4. The molecule has 0 aliphatic heterocycles.